The molecular weight excluding hydrogens is 529 g/mol. The maximum atomic E-state index is 12.1. The first-order chi connectivity index (χ1) is 15.6. The number of nitrogens with zero attached hydrogens (tertiary/aromatic N) is 2. The number of amides is 2. The Balaban J connectivity index is 0.00000385. The highest BCUT2D eigenvalue weighted by molar-refractivity contribution is 14.0. The summed E-state index contributed by atoms with van der Waals surface area (Å²) < 4.78 is 0. The number of piperidine rings is 1. The molecule has 0 bridgehead atoms. The summed E-state index contributed by atoms with van der Waals surface area (Å²) in [5, 5.41) is 9.28. The number of carbonyl (C=O) groups is 2. The van der Waals surface area contributed by atoms with Crippen LogP contribution in [-0.4, -0.2) is 44.5 Å². The van der Waals surface area contributed by atoms with Crippen molar-refractivity contribution in [3.05, 3.63) is 65.2 Å². The molecule has 2 aromatic carbocycles. The van der Waals surface area contributed by atoms with E-state index >= 15 is 0 Å². The van der Waals surface area contributed by atoms with Crippen LogP contribution in [-0.2, 0) is 17.8 Å². The maximum Gasteiger partial charge on any atom is 0.251 e. The topological polar surface area (TPSA) is 85.8 Å². The minimum Gasteiger partial charge on any atom is -0.357 e. The fourth-order valence-corrected chi connectivity index (χ4v) is 3.71. The molecule has 0 radical (unpaired) electrons. The van der Waals surface area contributed by atoms with Gasteiger partial charge in [-0.15, -0.1) is 24.0 Å². The predicted molar refractivity (Wildman–Crippen MR) is 144 cm³/mol. The smallest absolute Gasteiger partial charge is 0.251 e. The Morgan fingerprint density at radius 3 is 2.55 bits per heavy atom. The van der Waals surface area contributed by atoms with Crippen LogP contribution in [0.2, 0.25) is 0 Å². The van der Waals surface area contributed by atoms with Crippen molar-refractivity contribution in [2.75, 3.05) is 31.6 Å². The summed E-state index contributed by atoms with van der Waals surface area (Å²) in [4.78, 5) is 30.5. The highest BCUT2D eigenvalue weighted by atomic mass is 127. The van der Waals surface area contributed by atoms with Crippen LogP contribution in [0.25, 0.3) is 0 Å². The molecule has 1 saturated heterocycles. The van der Waals surface area contributed by atoms with Gasteiger partial charge in [0, 0.05) is 44.4 Å². The van der Waals surface area contributed by atoms with Crippen LogP contribution < -0.4 is 20.9 Å². The molecule has 1 aliphatic heterocycles. The average Bonchev–Trinajstić information content (AvgIpc) is 2.83. The molecule has 0 aromatic heterocycles. The molecule has 0 spiro atoms. The second kappa shape index (κ2) is 13.8. The number of rotatable bonds is 8. The van der Waals surface area contributed by atoms with Gasteiger partial charge < -0.3 is 20.9 Å². The normalized spacial score (nSPS) is 13.8. The maximum absolute atomic E-state index is 12.1. The summed E-state index contributed by atoms with van der Waals surface area (Å²) in [5.74, 6) is 0.886. The summed E-state index contributed by atoms with van der Waals surface area (Å²) in [7, 11) is 1.64. The number of guanidine groups is 1. The Bertz CT molecular complexity index is 946. The zero-order valence-electron chi connectivity index (χ0n) is 19.4. The van der Waals surface area contributed by atoms with Gasteiger partial charge in [-0.25, -0.2) is 4.99 Å². The van der Waals surface area contributed by atoms with E-state index in [9.17, 15) is 9.59 Å². The van der Waals surface area contributed by atoms with Gasteiger partial charge in [-0.05, 0) is 61.6 Å². The molecule has 178 valence electrons. The third kappa shape index (κ3) is 8.03. The van der Waals surface area contributed by atoms with Crippen LogP contribution in [0.5, 0.6) is 0 Å². The van der Waals surface area contributed by atoms with Gasteiger partial charge >= 0.3 is 0 Å². The molecule has 8 heteroatoms. The molecule has 1 aliphatic rings. The lowest BCUT2D eigenvalue weighted by molar-refractivity contribution is -0.119. The lowest BCUT2D eigenvalue weighted by Crippen LogP contribution is -2.38. The van der Waals surface area contributed by atoms with E-state index in [0.29, 0.717) is 25.1 Å². The Morgan fingerprint density at radius 2 is 1.85 bits per heavy atom. The van der Waals surface area contributed by atoms with Gasteiger partial charge in [0.15, 0.2) is 5.96 Å². The van der Waals surface area contributed by atoms with Crippen molar-refractivity contribution in [2.45, 2.75) is 39.2 Å². The highest BCUT2D eigenvalue weighted by Crippen LogP contribution is 2.21. The number of carbonyl (C=O) groups excluding carboxylic acids is 2. The number of hydrogen-bond acceptors (Lipinski definition) is 3. The molecule has 0 atom stereocenters. The van der Waals surface area contributed by atoms with Gasteiger partial charge in [0.2, 0.25) is 5.91 Å². The van der Waals surface area contributed by atoms with Gasteiger partial charge in [-0.1, -0.05) is 24.3 Å². The summed E-state index contributed by atoms with van der Waals surface area (Å²) in [6.45, 7) is 4.87. The summed E-state index contributed by atoms with van der Waals surface area (Å²) in [6.07, 6.45) is 3.47. The van der Waals surface area contributed by atoms with Crippen molar-refractivity contribution in [3.8, 4) is 0 Å². The number of anilines is 1. The van der Waals surface area contributed by atoms with E-state index in [0.717, 1.165) is 55.1 Å². The molecule has 0 aliphatic carbocycles. The van der Waals surface area contributed by atoms with E-state index < -0.39 is 0 Å². The molecule has 2 aromatic rings. The number of halogens is 1. The number of hydrogen-bond donors (Lipinski definition) is 3. The summed E-state index contributed by atoms with van der Waals surface area (Å²) >= 11 is 0. The van der Waals surface area contributed by atoms with Crippen LogP contribution in [0.4, 0.5) is 5.69 Å². The first kappa shape index (κ1) is 26.6. The van der Waals surface area contributed by atoms with Crippen LogP contribution in [0.3, 0.4) is 0 Å². The fraction of sp³-hybridized carbons (Fsp3) is 0.400. The SMILES string of the molecule is CCNC(=NCc1ccc(N2CCCCC2=O)cc1)NCCc1cccc(C(=O)NC)c1.I. The largest absolute Gasteiger partial charge is 0.357 e. The monoisotopic (exact) mass is 563 g/mol. The average molecular weight is 563 g/mol. The molecule has 0 saturated carbocycles. The van der Waals surface area contributed by atoms with Crippen LogP contribution in [0.1, 0.15) is 47.7 Å². The van der Waals surface area contributed by atoms with E-state index in [-0.39, 0.29) is 35.8 Å². The van der Waals surface area contributed by atoms with Gasteiger partial charge in [0.25, 0.3) is 5.91 Å². The number of aliphatic imine (C=N–C) groups is 1. The van der Waals surface area contributed by atoms with Gasteiger partial charge in [0.05, 0.1) is 6.54 Å². The molecule has 1 heterocycles. The Hall–Kier alpha value is -2.62. The van der Waals surface area contributed by atoms with Crippen molar-refractivity contribution >= 4 is 47.4 Å². The van der Waals surface area contributed by atoms with Crippen molar-refractivity contribution in [2.24, 2.45) is 4.99 Å². The second-order valence-electron chi connectivity index (χ2n) is 7.82. The molecule has 3 N–H and O–H groups in total. The van der Waals surface area contributed by atoms with E-state index in [1.165, 1.54) is 0 Å². The third-order valence-electron chi connectivity index (χ3n) is 5.46. The number of nitrogens with one attached hydrogen (secondary N) is 3. The Labute approximate surface area is 213 Å². The van der Waals surface area contributed by atoms with Crippen LogP contribution in [0.15, 0.2) is 53.5 Å². The van der Waals surface area contributed by atoms with Crippen LogP contribution >= 0.6 is 24.0 Å². The number of benzene rings is 2. The molecule has 0 unspecified atom stereocenters. The van der Waals surface area contributed by atoms with E-state index in [2.05, 4.69) is 20.9 Å². The zero-order valence-corrected chi connectivity index (χ0v) is 21.7. The van der Waals surface area contributed by atoms with E-state index in [1.54, 1.807) is 7.05 Å². The molecule has 7 nitrogen and oxygen atoms in total. The molecule has 33 heavy (non-hydrogen) atoms. The first-order valence-corrected chi connectivity index (χ1v) is 11.3. The predicted octanol–water partition coefficient (Wildman–Crippen LogP) is 3.48. The third-order valence-corrected chi connectivity index (χ3v) is 5.46. The van der Waals surface area contributed by atoms with Crippen LogP contribution in [0, 0.1) is 0 Å². The lowest BCUT2D eigenvalue weighted by Gasteiger charge is -2.26. The standard InChI is InChI=1S/C25H33N5O2.HI/c1-3-27-25(28-15-14-19-7-6-8-21(17-19)24(32)26-2)29-18-20-10-12-22(13-11-20)30-16-5-4-9-23(30)31;/h6-8,10-13,17H,3-5,9,14-16,18H2,1-2H3,(H,26,32)(H2,27,28,29);1H. The second-order valence-corrected chi connectivity index (χ2v) is 7.82. The first-order valence-electron chi connectivity index (χ1n) is 11.3. The van der Waals surface area contributed by atoms with Crippen molar-refractivity contribution < 1.29 is 9.59 Å². The minimum atomic E-state index is -0.0784. The summed E-state index contributed by atoms with van der Waals surface area (Å²) in [5.41, 5.74) is 3.82. The quantitative estimate of drug-likeness (QED) is 0.261. The molecular formula is C25H34IN5O2. The fourth-order valence-electron chi connectivity index (χ4n) is 3.71. The Morgan fingerprint density at radius 1 is 1.06 bits per heavy atom. The van der Waals surface area contributed by atoms with E-state index in [4.69, 9.17) is 0 Å². The minimum absolute atomic E-state index is 0. The van der Waals surface area contributed by atoms with Gasteiger partial charge in [0.1, 0.15) is 0 Å². The van der Waals surface area contributed by atoms with Crippen molar-refractivity contribution in [1.29, 1.82) is 0 Å². The molecule has 1 fully saturated rings. The molecule has 3 rings (SSSR count). The van der Waals surface area contributed by atoms with Gasteiger partial charge in [-0.2, -0.15) is 0 Å². The zero-order chi connectivity index (χ0) is 22.8. The lowest BCUT2D eigenvalue weighted by atomic mass is 10.1. The van der Waals surface area contributed by atoms with E-state index in [1.807, 2.05) is 60.4 Å². The van der Waals surface area contributed by atoms with Gasteiger partial charge in [-0.3, -0.25) is 9.59 Å². The Kier molecular flexibility index (Phi) is 11.2. The highest BCUT2D eigenvalue weighted by Gasteiger charge is 2.19. The summed E-state index contributed by atoms with van der Waals surface area (Å²) in [6, 6.07) is 15.7. The molecule has 2 amide bonds. The van der Waals surface area contributed by atoms with Crippen molar-refractivity contribution in [1.82, 2.24) is 16.0 Å². The van der Waals surface area contributed by atoms with Crippen molar-refractivity contribution in [3.63, 3.8) is 0 Å².